The van der Waals surface area contributed by atoms with Gasteiger partial charge in [-0.2, -0.15) is 0 Å². The Labute approximate surface area is 518 Å². The molecule has 19 rings (SSSR count). The molecule has 90 heavy (non-hydrogen) atoms. The van der Waals surface area contributed by atoms with Crippen LogP contribution >= 0.6 is 0 Å². The summed E-state index contributed by atoms with van der Waals surface area (Å²) in [4.78, 5) is 0. The zero-order valence-corrected chi connectivity index (χ0v) is 48.8. The van der Waals surface area contributed by atoms with Crippen LogP contribution in [0.2, 0.25) is 0 Å². The minimum Gasteiger partial charge on any atom is -0.456 e. The fraction of sp³-hybridized carbons (Fsp3) is 0. The highest BCUT2D eigenvalue weighted by atomic mass is 16.3. The van der Waals surface area contributed by atoms with Crippen LogP contribution in [0, 0.1) is 0 Å². The third-order valence-corrected chi connectivity index (χ3v) is 19.2. The molecular weight excluding hydrogens is 1090 g/mol. The quantitative estimate of drug-likeness (QED) is 0.149. The Balaban J connectivity index is 0.861. The van der Waals surface area contributed by atoms with E-state index in [0.29, 0.717) is 0 Å². The molecule has 17 aromatic carbocycles. The Morgan fingerprint density at radius 3 is 1.02 bits per heavy atom. The van der Waals surface area contributed by atoms with Gasteiger partial charge in [-0.1, -0.05) is 249 Å². The van der Waals surface area contributed by atoms with E-state index in [0.717, 1.165) is 71.5 Å². The van der Waals surface area contributed by atoms with Crippen molar-refractivity contribution in [2.45, 2.75) is 0 Å². The van der Waals surface area contributed by atoms with Gasteiger partial charge in [0.25, 0.3) is 0 Å². The standard InChI is InChI=1S/C88H52O2/c1-2-16-53(17-3-1)54-32-34-56(35-33-54)85-71-27-10-12-29-73(71)87(65-38-40-69-77-45-57-19-4-6-21-59(57)49-83(77)89-81(69)51-65)79-47-61(36-42-75(79)85)62-37-43-76-80(48-62)88(66-39-41-70-78-46-58-20-5-7-22-60(58)50-84(78)90-82(70)52-66)74-30-13-11-28-72(74)86(76)64-25-14-24-63(44-64)68-31-15-23-55-18-8-9-26-67(55)68/h1-52H. The maximum Gasteiger partial charge on any atom is 0.136 e. The predicted molar refractivity (Wildman–Crippen MR) is 382 cm³/mol. The van der Waals surface area contributed by atoms with Gasteiger partial charge >= 0.3 is 0 Å². The highest BCUT2D eigenvalue weighted by Crippen LogP contribution is 2.50. The lowest BCUT2D eigenvalue weighted by Crippen LogP contribution is -1.93. The lowest BCUT2D eigenvalue weighted by Gasteiger charge is -2.20. The number of furan rings is 2. The molecule has 0 amide bonds. The van der Waals surface area contributed by atoms with Crippen molar-refractivity contribution >= 4 is 119 Å². The van der Waals surface area contributed by atoms with Crippen LogP contribution in [0.15, 0.2) is 324 Å². The smallest absolute Gasteiger partial charge is 0.136 e. The molecule has 0 bridgehead atoms. The molecule has 0 spiro atoms. The maximum absolute atomic E-state index is 6.85. The van der Waals surface area contributed by atoms with Gasteiger partial charge < -0.3 is 8.83 Å². The third kappa shape index (κ3) is 7.91. The van der Waals surface area contributed by atoms with Crippen LogP contribution in [-0.4, -0.2) is 0 Å². The van der Waals surface area contributed by atoms with Crippen LogP contribution in [0.5, 0.6) is 0 Å². The summed E-state index contributed by atoms with van der Waals surface area (Å²) in [6, 6.07) is 116. The van der Waals surface area contributed by atoms with E-state index in [1.54, 1.807) is 0 Å². The van der Waals surface area contributed by atoms with Gasteiger partial charge in [0.1, 0.15) is 22.3 Å². The first-order chi connectivity index (χ1) is 44.6. The van der Waals surface area contributed by atoms with Crippen LogP contribution < -0.4 is 0 Å². The van der Waals surface area contributed by atoms with E-state index in [1.807, 2.05) is 0 Å². The zero-order valence-electron chi connectivity index (χ0n) is 48.8. The minimum atomic E-state index is 0.868. The van der Waals surface area contributed by atoms with Crippen molar-refractivity contribution in [2.75, 3.05) is 0 Å². The Morgan fingerprint density at radius 2 is 0.478 bits per heavy atom. The molecule has 0 aliphatic rings. The summed E-state index contributed by atoms with van der Waals surface area (Å²) in [7, 11) is 0. The molecule has 0 atom stereocenters. The molecule has 2 aromatic heterocycles. The molecular formula is C88H52O2. The number of rotatable bonds is 7. The number of benzene rings is 17. The molecule has 2 heteroatoms. The molecule has 19 aromatic rings. The predicted octanol–water partition coefficient (Wildman–Crippen LogP) is 25.2. The topological polar surface area (TPSA) is 26.3 Å². The summed E-state index contributed by atoms with van der Waals surface area (Å²) in [6.45, 7) is 0. The summed E-state index contributed by atoms with van der Waals surface area (Å²) in [5.74, 6) is 0. The normalized spacial score (nSPS) is 12.0. The third-order valence-electron chi connectivity index (χ3n) is 19.2. The molecule has 0 radical (unpaired) electrons. The minimum absolute atomic E-state index is 0.868. The number of fused-ring (bicyclic) bond motifs is 13. The summed E-state index contributed by atoms with van der Waals surface area (Å²) in [5, 5.41) is 21.1. The molecule has 0 saturated carbocycles. The van der Waals surface area contributed by atoms with Gasteiger partial charge in [0.2, 0.25) is 0 Å². The Hall–Kier alpha value is -11.8. The van der Waals surface area contributed by atoms with E-state index in [-0.39, 0.29) is 0 Å². The molecule has 2 heterocycles. The van der Waals surface area contributed by atoms with Gasteiger partial charge in [0.15, 0.2) is 0 Å². The van der Waals surface area contributed by atoms with Crippen LogP contribution in [0.4, 0.5) is 0 Å². The van der Waals surface area contributed by atoms with E-state index in [9.17, 15) is 0 Å². The Morgan fingerprint density at radius 1 is 0.144 bits per heavy atom. The van der Waals surface area contributed by atoms with Crippen LogP contribution in [-0.2, 0) is 0 Å². The van der Waals surface area contributed by atoms with Crippen molar-refractivity contribution in [3.63, 3.8) is 0 Å². The molecule has 0 aliphatic carbocycles. The lowest BCUT2D eigenvalue weighted by atomic mass is 9.83. The number of hydrogen-bond acceptors (Lipinski definition) is 2. The summed E-state index contributed by atoms with van der Waals surface area (Å²) < 4.78 is 13.7. The molecule has 2 nitrogen and oxygen atoms in total. The first-order valence-electron chi connectivity index (χ1n) is 31.0. The molecule has 0 saturated heterocycles. The van der Waals surface area contributed by atoms with E-state index in [2.05, 4.69) is 315 Å². The second-order valence-electron chi connectivity index (χ2n) is 24.2. The molecule has 416 valence electrons. The highest BCUT2D eigenvalue weighted by molar-refractivity contribution is 6.25. The van der Waals surface area contributed by atoms with Crippen molar-refractivity contribution in [1.82, 2.24) is 0 Å². The van der Waals surface area contributed by atoms with Crippen molar-refractivity contribution in [3.05, 3.63) is 315 Å². The second kappa shape index (κ2) is 19.8. The van der Waals surface area contributed by atoms with Gasteiger partial charge in [-0.05, 0) is 220 Å². The summed E-state index contributed by atoms with van der Waals surface area (Å²) in [6.07, 6.45) is 0. The molecule has 0 unspecified atom stereocenters. The SMILES string of the molecule is c1ccc(-c2ccc(-c3c4ccccc4c(-c4ccc5c(c4)oc4cc6ccccc6cc45)c4cc(-c5ccc6c(-c7cccc(-c8cccc9ccccc89)c7)c7ccccc7c(-c7ccc8c(c7)oc7cc9ccccc9cc78)c6c5)ccc34)cc2)cc1. The largest absolute Gasteiger partial charge is 0.456 e. The monoisotopic (exact) mass is 1140 g/mol. The van der Waals surface area contributed by atoms with Crippen molar-refractivity contribution < 1.29 is 8.83 Å². The van der Waals surface area contributed by atoms with Crippen molar-refractivity contribution in [2.24, 2.45) is 0 Å². The van der Waals surface area contributed by atoms with Gasteiger partial charge in [-0.3, -0.25) is 0 Å². The Bertz CT molecular complexity index is 6190. The van der Waals surface area contributed by atoms with E-state index in [4.69, 9.17) is 8.83 Å². The fourth-order valence-electron chi connectivity index (χ4n) is 15.0. The first kappa shape index (κ1) is 50.3. The van der Waals surface area contributed by atoms with E-state index >= 15 is 0 Å². The average Bonchev–Trinajstić information content (AvgIpc) is 0.848. The molecule has 0 aliphatic heterocycles. The van der Waals surface area contributed by atoms with Gasteiger partial charge in [-0.15, -0.1) is 0 Å². The maximum atomic E-state index is 6.85. The van der Waals surface area contributed by atoms with Crippen LogP contribution in [0.1, 0.15) is 0 Å². The van der Waals surface area contributed by atoms with Gasteiger partial charge in [0.05, 0.1) is 0 Å². The Kier molecular flexibility index (Phi) is 11.1. The van der Waals surface area contributed by atoms with Crippen molar-refractivity contribution in [3.8, 4) is 77.9 Å². The lowest BCUT2D eigenvalue weighted by molar-refractivity contribution is 0.669. The van der Waals surface area contributed by atoms with E-state index < -0.39 is 0 Å². The average molecular weight is 1140 g/mol. The zero-order chi connectivity index (χ0) is 59.0. The summed E-state index contributed by atoms with van der Waals surface area (Å²) in [5.41, 5.74) is 19.9. The van der Waals surface area contributed by atoms with Gasteiger partial charge in [-0.25, -0.2) is 0 Å². The number of hydrogen-bond donors (Lipinski definition) is 0. The molecule has 0 fully saturated rings. The van der Waals surface area contributed by atoms with Crippen LogP contribution in [0.3, 0.4) is 0 Å². The van der Waals surface area contributed by atoms with E-state index in [1.165, 1.54) is 126 Å². The highest BCUT2D eigenvalue weighted by Gasteiger charge is 2.23. The fourth-order valence-corrected chi connectivity index (χ4v) is 15.0. The summed E-state index contributed by atoms with van der Waals surface area (Å²) >= 11 is 0. The van der Waals surface area contributed by atoms with Gasteiger partial charge in [0, 0.05) is 21.5 Å². The van der Waals surface area contributed by atoms with Crippen LogP contribution in [0.25, 0.3) is 197 Å². The second-order valence-corrected chi connectivity index (χ2v) is 24.2. The van der Waals surface area contributed by atoms with Crippen molar-refractivity contribution in [1.29, 1.82) is 0 Å². The molecule has 0 N–H and O–H groups in total. The first-order valence-corrected chi connectivity index (χ1v) is 31.0.